The molecule has 1 amide bonds. The second-order valence-corrected chi connectivity index (χ2v) is 9.00. The molecule has 6 nitrogen and oxygen atoms in total. The van der Waals surface area contributed by atoms with E-state index in [9.17, 15) is 13.2 Å². The molecule has 0 fully saturated rings. The molecule has 152 valence electrons. The van der Waals surface area contributed by atoms with E-state index in [2.05, 4.69) is 5.32 Å². The standard InChI is InChI=1S/C21H28N2O4S/c1-14(2)17-9-7-8-10-18(17)22-21(24)16(4)23(28(6,25)26)19-13-15(3)11-12-20(19)27-5/h7-14,16H,1-6H3,(H,22,24). The number of ether oxygens (including phenoxy) is 1. The lowest BCUT2D eigenvalue weighted by molar-refractivity contribution is -0.116. The van der Waals surface area contributed by atoms with Crippen molar-refractivity contribution in [3.05, 3.63) is 53.6 Å². The maximum absolute atomic E-state index is 13.0. The summed E-state index contributed by atoms with van der Waals surface area (Å²) >= 11 is 0. The van der Waals surface area contributed by atoms with E-state index in [1.54, 1.807) is 19.1 Å². The summed E-state index contributed by atoms with van der Waals surface area (Å²) in [7, 11) is -2.27. The van der Waals surface area contributed by atoms with Gasteiger partial charge in [0.1, 0.15) is 11.8 Å². The van der Waals surface area contributed by atoms with E-state index in [1.807, 2.05) is 51.1 Å². The third-order valence-corrected chi connectivity index (χ3v) is 5.73. The zero-order valence-electron chi connectivity index (χ0n) is 17.2. The van der Waals surface area contributed by atoms with Gasteiger partial charge >= 0.3 is 0 Å². The Kier molecular flexibility index (Phi) is 6.72. The molecule has 0 heterocycles. The van der Waals surface area contributed by atoms with Gasteiger partial charge in [0.2, 0.25) is 15.9 Å². The Labute approximate surface area is 167 Å². The molecule has 2 aromatic rings. The summed E-state index contributed by atoms with van der Waals surface area (Å²) in [5.41, 5.74) is 2.87. The zero-order chi connectivity index (χ0) is 21.1. The van der Waals surface area contributed by atoms with Gasteiger partial charge in [-0.3, -0.25) is 9.10 Å². The number of sulfonamides is 1. The van der Waals surface area contributed by atoms with Crippen molar-refractivity contribution in [2.45, 2.75) is 39.7 Å². The molecule has 1 unspecified atom stereocenters. The van der Waals surface area contributed by atoms with Crippen LogP contribution in [0.3, 0.4) is 0 Å². The predicted molar refractivity (Wildman–Crippen MR) is 114 cm³/mol. The van der Waals surface area contributed by atoms with Crippen LogP contribution in [-0.2, 0) is 14.8 Å². The van der Waals surface area contributed by atoms with Crippen LogP contribution in [0.2, 0.25) is 0 Å². The second kappa shape index (κ2) is 8.65. The van der Waals surface area contributed by atoms with Gasteiger partial charge in [-0.15, -0.1) is 0 Å². The number of rotatable bonds is 7. The molecule has 1 atom stereocenters. The minimum Gasteiger partial charge on any atom is -0.495 e. The van der Waals surface area contributed by atoms with Gasteiger partial charge in [0.15, 0.2) is 0 Å². The van der Waals surface area contributed by atoms with Crippen molar-refractivity contribution >= 4 is 27.3 Å². The molecule has 0 aromatic heterocycles. The van der Waals surface area contributed by atoms with Crippen molar-refractivity contribution in [2.24, 2.45) is 0 Å². The van der Waals surface area contributed by atoms with Crippen LogP contribution < -0.4 is 14.4 Å². The van der Waals surface area contributed by atoms with Crippen LogP contribution in [0.25, 0.3) is 0 Å². The summed E-state index contributed by atoms with van der Waals surface area (Å²) in [4.78, 5) is 13.0. The molecule has 0 saturated carbocycles. The molecule has 0 bridgehead atoms. The van der Waals surface area contributed by atoms with Gasteiger partial charge in [-0.1, -0.05) is 38.1 Å². The molecule has 2 aromatic carbocycles. The fraction of sp³-hybridized carbons (Fsp3) is 0.381. The molecule has 28 heavy (non-hydrogen) atoms. The lowest BCUT2D eigenvalue weighted by Gasteiger charge is -2.30. The lowest BCUT2D eigenvalue weighted by Crippen LogP contribution is -2.45. The van der Waals surface area contributed by atoms with Crippen LogP contribution in [0.4, 0.5) is 11.4 Å². The summed E-state index contributed by atoms with van der Waals surface area (Å²) in [6.45, 7) is 7.49. The number of carbonyl (C=O) groups excluding carboxylic acids is 1. The van der Waals surface area contributed by atoms with Crippen LogP contribution in [-0.4, -0.2) is 33.7 Å². The number of methoxy groups -OCH3 is 1. The van der Waals surface area contributed by atoms with E-state index in [0.29, 0.717) is 17.1 Å². The Morgan fingerprint density at radius 2 is 1.75 bits per heavy atom. The Balaban J connectivity index is 2.44. The highest BCUT2D eigenvalue weighted by Crippen LogP contribution is 2.33. The average Bonchev–Trinajstić information content (AvgIpc) is 2.61. The van der Waals surface area contributed by atoms with Gasteiger partial charge in [0.25, 0.3) is 0 Å². The molecular formula is C21H28N2O4S. The van der Waals surface area contributed by atoms with Gasteiger partial charge in [-0.05, 0) is 49.1 Å². The number of hydrogen-bond acceptors (Lipinski definition) is 4. The number of hydrogen-bond donors (Lipinski definition) is 1. The molecule has 2 rings (SSSR count). The van der Waals surface area contributed by atoms with E-state index in [0.717, 1.165) is 21.7 Å². The Morgan fingerprint density at radius 1 is 1.11 bits per heavy atom. The average molecular weight is 405 g/mol. The fourth-order valence-electron chi connectivity index (χ4n) is 3.10. The maximum Gasteiger partial charge on any atom is 0.248 e. The third-order valence-electron chi connectivity index (χ3n) is 4.50. The summed E-state index contributed by atoms with van der Waals surface area (Å²) in [5.74, 6) is 0.190. The molecule has 7 heteroatoms. The molecule has 0 radical (unpaired) electrons. The molecule has 0 saturated heterocycles. The Morgan fingerprint density at radius 3 is 2.32 bits per heavy atom. The Bertz CT molecular complexity index is 955. The quantitative estimate of drug-likeness (QED) is 0.759. The number of anilines is 2. The Hall–Kier alpha value is -2.54. The summed E-state index contributed by atoms with van der Waals surface area (Å²) < 4.78 is 31.6. The number of aryl methyl sites for hydroxylation is 1. The van der Waals surface area contributed by atoms with Crippen molar-refractivity contribution in [1.82, 2.24) is 0 Å². The second-order valence-electron chi connectivity index (χ2n) is 7.14. The smallest absolute Gasteiger partial charge is 0.248 e. The minimum absolute atomic E-state index is 0.217. The number of nitrogens with zero attached hydrogens (tertiary/aromatic N) is 1. The number of benzene rings is 2. The SMILES string of the molecule is COc1ccc(C)cc1N(C(C)C(=O)Nc1ccccc1C(C)C)S(C)(=O)=O. The molecule has 0 aliphatic carbocycles. The first kappa shape index (κ1) is 21.8. The maximum atomic E-state index is 13.0. The molecular weight excluding hydrogens is 376 g/mol. The number of amides is 1. The van der Waals surface area contributed by atoms with Crippen molar-refractivity contribution < 1.29 is 17.9 Å². The van der Waals surface area contributed by atoms with Crippen molar-refractivity contribution in [3.63, 3.8) is 0 Å². The van der Waals surface area contributed by atoms with Crippen LogP contribution >= 0.6 is 0 Å². The van der Waals surface area contributed by atoms with Gasteiger partial charge < -0.3 is 10.1 Å². The first-order valence-electron chi connectivity index (χ1n) is 9.10. The van der Waals surface area contributed by atoms with E-state index >= 15 is 0 Å². The monoisotopic (exact) mass is 404 g/mol. The van der Waals surface area contributed by atoms with Crippen molar-refractivity contribution in [3.8, 4) is 5.75 Å². The number of para-hydroxylation sites is 1. The predicted octanol–water partition coefficient (Wildman–Crippen LogP) is 3.92. The molecule has 1 N–H and O–H groups in total. The first-order valence-corrected chi connectivity index (χ1v) is 10.9. The first-order chi connectivity index (χ1) is 13.1. The summed E-state index contributed by atoms with van der Waals surface area (Å²) in [6.07, 6.45) is 1.08. The van der Waals surface area contributed by atoms with Crippen LogP contribution in [0.5, 0.6) is 5.75 Å². The van der Waals surface area contributed by atoms with Gasteiger partial charge in [-0.25, -0.2) is 8.42 Å². The van der Waals surface area contributed by atoms with Crippen LogP contribution in [0.1, 0.15) is 37.8 Å². The highest BCUT2D eigenvalue weighted by molar-refractivity contribution is 7.92. The van der Waals surface area contributed by atoms with Crippen molar-refractivity contribution in [2.75, 3.05) is 23.0 Å². The van der Waals surface area contributed by atoms with Crippen molar-refractivity contribution in [1.29, 1.82) is 0 Å². The zero-order valence-corrected chi connectivity index (χ0v) is 18.0. The molecule has 0 aliphatic heterocycles. The van der Waals surface area contributed by atoms with E-state index in [1.165, 1.54) is 7.11 Å². The fourth-order valence-corrected chi connectivity index (χ4v) is 4.27. The number of nitrogens with one attached hydrogen (secondary N) is 1. The summed E-state index contributed by atoms with van der Waals surface area (Å²) in [5, 5.41) is 2.88. The largest absolute Gasteiger partial charge is 0.495 e. The highest BCUT2D eigenvalue weighted by Gasteiger charge is 2.31. The van der Waals surface area contributed by atoms with E-state index in [-0.39, 0.29) is 5.92 Å². The van der Waals surface area contributed by atoms with Crippen LogP contribution in [0.15, 0.2) is 42.5 Å². The molecule has 0 spiro atoms. The topological polar surface area (TPSA) is 75.7 Å². The van der Waals surface area contributed by atoms with Crippen LogP contribution in [0, 0.1) is 6.92 Å². The van der Waals surface area contributed by atoms with E-state index < -0.39 is 22.0 Å². The highest BCUT2D eigenvalue weighted by atomic mass is 32.2. The van der Waals surface area contributed by atoms with Gasteiger partial charge in [-0.2, -0.15) is 0 Å². The van der Waals surface area contributed by atoms with E-state index in [4.69, 9.17) is 4.74 Å². The van der Waals surface area contributed by atoms with Gasteiger partial charge in [0.05, 0.1) is 19.1 Å². The minimum atomic E-state index is -3.74. The lowest BCUT2D eigenvalue weighted by atomic mass is 10.0. The number of carbonyl (C=O) groups is 1. The van der Waals surface area contributed by atoms with Gasteiger partial charge in [0, 0.05) is 5.69 Å². The summed E-state index contributed by atoms with van der Waals surface area (Å²) in [6, 6.07) is 11.8. The normalized spacial score (nSPS) is 12.5. The third kappa shape index (κ3) is 4.84. The molecule has 0 aliphatic rings.